The Kier molecular flexibility index (Phi) is 6.37. The van der Waals surface area contributed by atoms with Gasteiger partial charge in [0.2, 0.25) is 5.91 Å². The fourth-order valence-electron chi connectivity index (χ4n) is 3.16. The van der Waals surface area contributed by atoms with E-state index in [1.54, 1.807) is 30.1 Å². The molecule has 7 heteroatoms. The van der Waals surface area contributed by atoms with Gasteiger partial charge >= 0.3 is 6.03 Å². The van der Waals surface area contributed by atoms with Crippen molar-refractivity contribution in [1.82, 2.24) is 9.80 Å². The third-order valence-electron chi connectivity index (χ3n) is 4.75. The molecule has 0 bridgehead atoms. The van der Waals surface area contributed by atoms with E-state index in [0.29, 0.717) is 37.7 Å². The zero-order valence-corrected chi connectivity index (χ0v) is 16.2. The van der Waals surface area contributed by atoms with Crippen LogP contribution >= 0.6 is 0 Å². The molecule has 3 rings (SSSR count). The minimum Gasteiger partial charge on any atom is -0.493 e. The number of methoxy groups -OCH3 is 2. The van der Waals surface area contributed by atoms with Gasteiger partial charge in [0, 0.05) is 31.9 Å². The summed E-state index contributed by atoms with van der Waals surface area (Å²) >= 11 is 0. The minimum atomic E-state index is -0.141. The first kappa shape index (κ1) is 19.5. The third kappa shape index (κ3) is 4.73. The maximum absolute atomic E-state index is 12.6. The highest BCUT2D eigenvalue weighted by Gasteiger charge is 2.24. The summed E-state index contributed by atoms with van der Waals surface area (Å²) in [6, 6.07) is 14.7. The lowest BCUT2D eigenvalue weighted by atomic mass is 10.1. The van der Waals surface area contributed by atoms with Gasteiger partial charge in [-0.2, -0.15) is 0 Å². The van der Waals surface area contributed by atoms with Gasteiger partial charge in [0.1, 0.15) is 0 Å². The monoisotopic (exact) mass is 383 g/mol. The molecule has 1 saturated heterocycles. The van der Waals surface area contributed by atoms with Crippen LogP contribution in [-0.2, 0) is 11.2 Å². The number of anilines is 1. The number of urea groups is 1. The predicted octanol–water partition coefficient (Wildman–Crippen LogP) is 2.62. The number of ether oxygens (including phenoxy) is 2. The molecule has 7 nitrogen and oxygen atoms in total. The van der Waals surface area contributed by atoms with Crippen molar-refractivity contribution < 1.29 is 19.1 Å². The van der Waals surface area contributed by atoms with Crippen LogP contribution in [0.3, 0.4) is 0 Å². The molecule has 0 saturated carbocycles. The van der Waals surface area contributed by atoms with Crippen LogP contribution in [0.4, 0.5) is 10.5 Å². The zero-order chi connectivity index (χ0) is 19.9. The summed E-state index contributed by atoms with van der Waals surface area (Å²) in [5.74, 6) is 1.28. The van der Waals surface area contributed by atoms with Crippen molar-refractivity contribution in [3.8, 4) is 11.5 Å². The van der Waals surface area contributed by atoms with Crippen molar-refractivity contribution in [2.24, 2.45) is 0 Å². The molecule has 1 N–H and O–H groups in total. The number of rotatable bonds is 5. The Balaban J connectivity index is 1.52. The topological polar surface area (TPSA) is 71.1 Å². The number of para-hydroxylation sites is 1. The number of nitrogens with one attached hydrogen (secondary N) is 1. The first-order valence-corrected chi connectivity index (χ1v) is 9.20. The summed E-state index contributed by atoms with van der Waals surface area (Å²) in [6.45, 7) is 2.06. The van der Waals surface area contributed by atoms with Crippen LogP contribution < -0.4 is 14.8 Å². The molecule has 0 unspecified atom stereocenters. The van der Waals surface area contributed by atoms with Gasteiger partial charge in [-0.1, -0.05) is 24.3 Å². The van der Waals surface area contributed by atoms with Gasteiger partial charge in [-0.05, 0) is 29.8 Å². The number of benzene rings is 2. The summed E-state index contributed by atoms with van der Waals surface area (Å²) in [5, 5.41) is 2.88. The fraction of sp³-hybridized carbons (Fsp3) is 0.333. The molecule has 1 aliphatic heterocycles. The van der Waals surface area contributed by atoms with E-state index >= 15 is 0 Å². The van der Waals surface area contributed by atoms with Crippen LogP contribution in [0.1, 0.15) is 5.56 Å². The van der Waals surface area contributed by atoms with Gasteiger partial charge in [0.05, 0.1) is 20.6 Å². The van der Waals surface area contributed by atoms with E-state index in [-0.39, 0.29) is 18.4 Å². The molecular weight excluding hydrogens is 358 g/mol. The third-order valence-corrected chi connectivity index (χ3v) is 4.75. The molecule has 0 atom stereocenters. The summed E-state index contributed by atoms with van der Waals surface area (Å²) in [4.78, 5) is 28.5. The van der Waals surface area contributed by atoms with Crippen molar-refractivity contribution in [3.05, 3.63) is 54.1 Å². The average Bonchev–Trinajstić information content (AvgIpc) is 2.74. The van der Waals surface area contributed by atoms with Gasteiger partial charge in [0.25, 0.3) is 0 Å². The van der Waals surface area contributed by atoms with E-state index < -0.39 is 0 Å². The van der Waals surface area contributed by atoms with Crippen LogP contribution in [0.25, 0.3) is 0 Å². The number of amides is 3. The Bertz CT molecular complexity index is 818. The molecule has 0 aromatic heterocycles. The minimum absolute atomic E-state index is 0.0373. The second-order valence-corrected chi connectivity index (χ2v) is 6.53. The summed E-state index contributed by atoms with van der Waals surface area (Å²) in [7, 11) is 3.15. The molecule has 148 valence electrons. The van der Waals surface area contributed by atoms with E-state index in [4.69, 9.17) is 9.47 Å². The lowest BCUT2D eigenvalue weighted by Gasteiger charge is -2.34. The van der Waals surface area contributed by atoms with Gasteiger partial charge in [0.15, 0.2) is 11.5 Å². The van der Waals surface area contributed by atoms with E-state index in [9.17, 15) is 9.59 Å². The SMILES string of the molecule is COc1ccc(CC(=O)N2CCN(C(=O)Nc3ccccc3)CC2)cc1OC. The molecular formula is C21H25N3O4. The van der Waals surface area contributed by atoms with Crippen molar-refractivity contribution >= 4 is 17.6 Å². The van der Waals surface area contributed by atoms with Crippen LogP contribution in [-0.4, -0.2) is 62.1 Å². The molecule has 1 heterocycles. The Labute approximate surface area is 164 Å². The lowest BCUT2D eigenvalue weighted by Crippen LogP contribution is -2.52. The van der Waals surface area contributed by atoms with Crippen molar-refractivity contribution in [1.29, 1.82) is 0 Å². The zero-order valence-electron chi connectivity index (χ0n) is 16.2. The molecule has 0 radical (unpaired) electrons. The average molecular weight is 383 g/mol. The molecule has 1 aliphatic rings. The number of nitrogens with zero attached hydrogens (tertiary/aromatic N) is 2. The number of hydrogen-bond donors (Lipinski definition) is 1. The maximum Gasteiger partial charge on any atom is 0.321 e. The van der Waals surface area contributed by atoms with E-state index in [0.717, 1.165) is 11.3 Å². The lowest BCUT2D eigenvalue weighted by molar-refractivity contribution is -0.131. The van der Waals surface area contributed by atoms with E-state index in [2.05, 4.69) is 5.32 Å². The molecule has 3 amide bonds. The molecule has 1 fully saturated rings. The summed E-state index contributed by atoms with van der Waals surface area (Å²) in [6.07, 6.45) is 0.288. The fourth-order valence-corrected chi connectivity index (χ4v) is 3.16. The molecule has 28 heavy (non-hydrogen) atoms. The Morgan fingerprint density at radius 2 is 1.54 bits per heavy atom. The highest BCUT2D eigenvalue weighted by Crippen LogP contribution is 2.27. The van der Waals surface area contributed by atoms with E-state index in [1.165, 1.54) is 0 Å². The smallest absolute Gasteiger partial charge is 0.321 e. The van der Waals surface area contributed by atoms with Crippen LogP contribution in [0.15, 0.2) is 48.5 Å². The molecule has 2 aromatic rings. The van der Waals surface area contributed by atoms with Crippen molar-refractivity contribution in [3.63, 3.8) is 0 Å². The quantitative estimate of drug-likeness (QED) is 0.862. The molecule has 2 aromatic carbocycles. The predicted molar refractivity (Wildman–Crippen MR) is 107 cm³/mol. The summed E-state index contributed by atoms with van der Waals surface area (Å²) in [5.41, 5.74) is 1.63. The highest BCUT2D eigenvalue weighted by atomic mass is 16.5. The van der Waals surface area contributed by atoms with Crippen LogP contribution in [0, 0.1) is 0 Å². The summed E-state index contributed by atoms with van der Waals surface area (Å²) < 4.78 is 10.5. The largest absolute Gasteiger partial charge is 0.493 e. The Hall–Kier alpha value is -3.22. The van der Waals surface area contributed by atoms with Gasteiger partial charge < -0.3 is 24.6 Å². The van der Waals surface area contributed by atoms with E-state index in [1.807, 2.05) is 42.5 Å². The Morgan fingerprint density at radius 1 is 0.893 bits per heavy atom. The first-order valence-electron chi connectivity index (χ1n) is 9.20. The van der Waals surface area contributed by atoms with Crippen molar-refractivity contribution in [2.75, 3.05) is 45.7 Å². The molecule has 0 aliphatic carbocycles. The first-order chi connectivity index (χ1) is 13.6. The number of hydrogen-bond acceptors (Lipinski definition) is 4. The van der Waals surface area contributed by atoms with Gasteiger partial charge in [-0.3, -0.25) is 4.79 Å². The second kappa shape index (κ2) is 9.12. The second-order valence-electron chi connectivity index (χ2n) is 6.53. The number of piperazine rings is 1. The molecule has 0 spiro atoms. The van der Waals surface area contributed by atoms with Crippen LogP contribution in [0.5, 0.6) is 11.5 Å². The normalized spacial score (nSPS) is 13.8. The van der Waals surface area contributed by atoms with Gasteiger partial charge in [-0.25, -0.2) is 4.79 Å². The van der Waals surface area contributed by atoms with Gasteiger partial charge in [-0.15, -0.1) is 0 Å². The standard InChI is InChI=1S/C21H25N3O4/c1-27-18-9-8-16(14-19(18)28-2)15-20(25)23-10-12-24(13-11-23)21(26)22-17-6-4-3-5-7-17/h3-9,14H,10-13,15H2,1-2H3,(H,22,26). The highest BCUT2D eigenvalue weighted by molar-refractivity contribution is 5.89. The number of carbonyl (C=O) groups excluding carboxylic acids is 2. The Morgan fingerprint density at radius 3 is 2.18 bits per heavy atom. The maximum atomic E-state index is 12.6. The van der Waals surface area contributed by atoms with Crippen molar-refractivity contribution in [2.45, 2.75) is 6.42 Å². The number of carbonyl (C=O) groups is 2. The van der Waals surface area contributed by atoms with Crippen LogP contribution in [0.2, 0.25) is 0 Å².